The second-order valence-corrected chi connectivity index (χ2v) is 8.46. The second kappa shape index (κ2) is 9.31. The van der Waals surface area contributed by atoms with Gasteiger partial charge in [0.15, 0.2) is 0 Å². The highest BCUT2D eigenvalue weighted by molar-refractivity contribution is 7.88. The van der Waals surface area contributed by atoms with E-state index in [2.05, 4.69) is 5.32 Å². The standard InChI is InChI=1S/C18H28N2O4S/c1-15-6-3-4-7-17(15)14-25(22,23)20-11-8-16(9-12-20)18(21)19-10-5-13-24-2/h3-4,6-7,16H,5,8-14H2,1-2H3,(H,19,21). The van der Waals surface area contributed by atoms with Gasteiger partial charge in [0.2, 0.25) is 15.9 Å². The summed E-state index contributed by atoms with van der Waals surface area (Å²) < 4.78 is 31.8. The van der Waals surface area contributed by atoms with Crippen LogP contribution in [-0.4, -0.2) is 52.0 Å². The quantitative estimate of drug-likeness (QED) is 0.709. The van der Waals surface area contributed by atoms with E-state index >= 15 is 0 Å². The monoisotopic (exact) mass is 368 g/mol. The Morgan fingerprint density at radius 3 is 2.60 bits per heavy atom. The first-order valence-electron chi connectivity index (χ1n) is 8.73. The van der Waals surface area contributed by atoms with E-state index in [0.29, 0.717) is 39.1 Å². The van der Waals surface area contributed by atoms with Gasteiger partial charge in [-0.1, -0.05) is 24.3 Å². The van der Waals surface area contributed by atoms with E-state index in [1.54, 1.807) is 7.11 Å². The van der Waals surface area contributed by atoms with Gasteiger partial charge in [-0.15, -0.1) is 0 Å². The van der Waals surface area contributed by atoms with E-state index in [0.717, 1.165) is 17.5 Å². The summed E-state index contributed by atoms with van der Waals surface area (Å²) in [6.07, 6.45) is 1.93. The zero-order chi connectivity index (χ0) is 18.3. The highest BCUT2D eigenvalue weighted by Gasteiger charge is 2.31. The van der Waals surface area contributed by atoms with Crippen molar-refractivity contribution in [1.82, 2.24) is 9.62 Å². The third-order valence-corrected chi connectivity index (χ3v) is 6.47. The number of ether oxygens (including phenoxy) is 1. The summed E-state index contributed by atoms with van der Waals surface area (Å²) in [4.78, 5) is 12.1. The number of rotatable bonds is 8. The Morgan fingerprint density at radius 1 is 1.28 bits per heavy atom. The van der Waals surface area contributed by atoms with Crippen LogP contribution in [0.5, 0.6) is 0 Å². The van der Waals surface area contributed by atoms with Crippen LogP contribution in [0.2, 0.25) is 0 Å². The number of hydrogen-bond donors (Lipinski definition) is 1. The minimum atomic E-state index is -3.35. The summed E-state index contributed by atoms with van der Waals surface area (Å²) in [6.45, 7) is 3.95. The SMILES string of the molecule is COCCCNC(=O)C1CCN(S(=O)(=O)Cc2ccccc2C)CC1. The molecule has 0 aromatic heterocycles. The van der Waals surface area contributed by atoms with Crippen molar-refractivity contribution in [2.24, 2.45) is 5.92 Å². The number of benzene rings is 1. The van der Waals surface area contributed by atoms with Gasteiger partial charge in [-0.3, -0.25) is 4.79 Å². The Kier molecular flexibility index (Phi) is 7.40. The van der Waals surface area contributed by atoms with Crippen molar-refractivity contribution in [2.45, 2.75) is 31.9 Å². The van der Waals surface area contributed by atoms with Crippen LogP contribution in [-0.2, 0) is 25.3 Å². The molecule has 0 unspecified atom stereocenters. The van der Waals surface area contributed by atoms with Crippen LogP contribution in [0.1, 0.15) is 30.4 Å². The smallest absolute Gasteiger partial charge is 0.223 e. The molecule has 1 aromatic carbocycles. The summed E-state index contributed by atoms with van der Waals surface area (Å²) in [5.74, 6) is -0.0624. The Balaban J connectivity index is 1.84. The summed E-state index contributed by atoms with van der Waals surface area (Å²) in [5.41, 5.74) is 1.82. The van der Waals surface area contributed by atoms with Crippen molar-refractivity contribution in [3.8, 4) is 0 Å². The van der Waals surface area contributed by atoms with E-state index < -0.39 is 10.0 Å². The van der Waals surface area contributed by atoms with Gasteiger partial charge in [0.25, 0.3) is 0 Å². The average Bonchev–Trinajstić information content (AvgIpc) is 2.60. The predicted octanol–water partition coefficient (Wildman–Crippen LogP) is 1.69. The molecule has 1 aliphatic rings. The van der Waals surface area contributed by atoms with Crippen LogP contribution >= 0.6 is 0 Å². The minimum Gasteiger partial charge on any atom is -0.385 e. The molecule has 7 heteroatoms. The molecule has 0 spiro atoms. The van der Waals surface area contributed by atoms with Gasteiger partial charge in [0.05, 0.1) is 5.75 Å². The fourth-order valence-corrected chi connectivity index (χ4v) is 4.70. The number of methoxy groups -OCH3 is 1. The lowest BCUT2D eigenvalue weighted by atomic mass is 9.97. The van der Waals surface area contributed by atoms with E-state index in [1.807, 2.05) is 31.2 Å². The first-order valence-corrected chi connectivity index (χ1v) is 10.3. The fourth-order valence-electron chi connectivity index (χ4n) is 3.03. The molecule has 0 bridgehead atoms. The van der Waals surface area contributed by atoms with Crippen LogP contribution in [0.3, 0.4) is 0 Å². The molecule has 0 aliphatic carbocycles. The Labute approximate surface area is 150 Å². The van der Waals surface area contributed by atoms with Crippen LogP contribution in [0.4, 0.5) is 0 Å². The number of carbonyl (C=O) groups is 1. The van der Waals surface area contributed by atoms with E-state index in [4.69, 9.17) is 4.74 Å². The van der Waals surface area contributed by atoms with Crippen molar-refractivity contribution in [1.29, 1.82) is 0 Å². The van der Waals surface area contributed by atoms with E-state index in [9.17, 15) is 13.2 Å². The molecular formula is C18H28N2O4S. The van der Waals surface area contributed by atoms with Crippen LogP contribution < -0.4 is 5.32 Å². The highest BCUT2D eigenvalue weighted by atomic mass is 32.2. The number of carbonyl (C=O) groups excluding carboxylic acids is 1. The maximum atomic E-state index is 12.6. The van der Waals surface area contributed by atoms with Gasteiger partial charge < -0.3 is 10.1 Å². The zero-order valence-electron chi connectivity index (χ0n) is 15.0. The molecule has 6 nitrogen and oxygen atoms in total. The molecule has 1 N–H and O–H groups in total. The topological polar surface area (TPSA) is 75.7 Å². The molecule has 140 valence electrons. The van der Waals surface area contributed by atoms with Crippen LogP contribution in [0.15, 0.2) is 24.3 Å². The molecule has 1 heterocycles. The van der Waals surface area contributed by atoms with Gasteiger partial charge in [-0.2, -0.15) is 0 Å². The molecule has 1 fully saturated rings. The molecular weight excluding hydrogens is 340 g/mol. The summed E-state index contributed by atoms with van der Waals surface area (Å²) in [6, 6.07) is 7.54. The number of piperidine rings is 1. The predicted molar refractivity (Wildman–Crippen MR) is 97.6 cm³/mol. The molecule has 0 atom stereocenters. The molecule has 2 rings (SSSR count). The first kappa shape index (κ1) is 19.9. The lowest BCUT2D eigenvalue weighted by Gasteiger charge is -2.30. The van der Waals surface area contributed by atoms with Gasteiger partial charge in [0, 0.05) is 39.3 Å². The molecule has 25 heavy (non-hydrogen) atoms. The number of nitrogens with zero attached hydrogens (tertiary/aromatic N) is 1. The highest BCUT2D eigenvalue weighted by Crippen LogP contribution is 2.22. The van der Waals surface area contributed by atoms with Gasteiger partial charge in [-0.05, 0) is 37.3 Å². The Hall–Kier alpha value is -1.44. The maximum absolute atomic E-state index is 12.6. The number of amides is 1. The van der Waals surface area contributed by atoms with Gasteiger partial charge in [0.1, 0.15) is 0 Å². The summed E-state index contributed by atoms with van der Waals surface area (Å²) in [5, 5.41) is 2.90. The summed E-state index contributed by atoms with van der Waals surface area (Å²) in [7, 11) is -1.71. The zero-order valence-corrected chi connectivity index (χ0v) is 15.8. The third kappa shape index (κ3) is 5.80. The molecule has 0 saturated carbocycles. The number of sulfonamides is 1. The number of nitrogens with one attached hydrogen (secondary N) is 1. The van der Waals surface area contributed by atoms with Gasteiger partial charge in [-0.25, -0.2) is 12.7 Å². The molecule has 0 radical (unpaired) electrons. The summed E-state index contributed by atoms with van der Waals surface area (Å²) >= 11 is 0. The van der Waals surface area contributed by atoms with E-state index in [-0.39, 0.29) is 17.6 Å². The number of aryl methyl sites for hydroxylation is 1. The molecule has 1 amide bonds. The van der Waals surface area contributed by atoms with Crippen molar-refractivity contribution < 1.29 is 17.9 Å². The molecule has 1 aliphatic heterocycles. The maximum Gasteiger partial charge on any atom is 0.223 e. The van der Waals surface area contributed by atoms with Crippen molar-refractivity contribution in [3.63, 3.8) is 0 Å². The van der Waals surface area contributed by atoms with Crippen molar-refractivity contribution in [3.05, 3.63) is 35.4 Å². The van der Waals surface area contributed by atoms with Crippen LogP contribution in [0.25, 0.3) is 0 Å². The lowest BCUT2D eigenvalue weighted by Crippen LogP contribution is -2.43. The van der Waals surface area contributed by atoms with E-state index in [1.165, 1.54) is 4.31 Å². The normalized spacial score (nSPS) is 16.7. The van der Waals surface area contributed by atoms with Crippen molar-refractivity contribution >= 4 is 15.9 Å². The second-order valence-electron chi connectivity index (χ2n) is 6.49. The Bertz CT molecular complexity index is 667. The van der Waals surface area contributed by atoms with Crippen molar-refractivity contribution in [2.75, 3.05) is 33.4 Å². The van der Waals surface area contributed by atoms with Gasteiger partial charge >= 0.3 is 0 Å². The number of hydrogen-bond acceptors (Lipinski definition) is 4. The molecule has 1 saturated heterocycles. The average molecular weight is 368 g/mol. The third-order valence-electron chi connectivity index (χ3n) is 4.64. The largest absolute Gasteiger partial charge is 0.385 e. The fraction of sp³-hybridized carbons (Fsp3) is 0.611. The first-order chi connectivity index (χ1) is 11.9. The lowest BCUT2D eigenvalue weighted by molar-refractivity contribution is -0.126. The molecule has 1 aromatic rings. The minimum absolute atomic E-state index is 0.0204. The van der Waals surface area contributed by atoms with Crippen LogP contribution in [0, 0.1) is 12.8 Å². The Morgan fingerprint density at radius 2 is 1.96 bits per heavy atom.